The van der Waals surface area contributed by atoms with Crippen molar-refractivity contribution < 1.29 is 17.6 Å². The van der Waals surface area contributed by atoms with Gasteiger partial charge < -0.3 is 4.90 Å². The first-order chi connectivity index (χ1) is 19.7. The molecular formula is C33H34FN3O3S. The molecule has 1 heterocycles. The lowest BCUT2D eigenvalue weighted by molar-refractivity contribution is -0.119. The fraction of sp³-hybridized carbons (Fsp3) is 0.273. The number of fused-ring (bicyclic) bond motifs is 1. The van der Waals surface area contributed by atoms with Crippen LogP contribution in [0.3, 0.4) is 0 Å². The highest BCUT2D eigenvalue weighted by Crippen LogP contribution is 2.35. The zero-order valence-corrected chi connectivity index (χ0v) is 24.1. The molecule has 0 spiro atoms. The predicted octanol–water partition coefficient (Wildman–Crippen LogP) is 6.61. The fourth-order valence-corrected chi connectivity index (χ4v) is 6.64. The predicted molar refractivity (Wildman–Crippen MR) is 158 cm³/mol. The highest BCUT2D eigenvalue weighted by atomic mass is 32.2. The van der Waals surface area contributed by atoms with Crippen LogP contribution in [0.1, 0.15) is 66.2 Å². The molecule has 0 fully saturated rings. The van der Waals surface area contributed by atoms with E-state index in [9.17, 15) is 17.6 Å². The maximum Gasteiger partial charge on any atom is 0.241 e. The SMILES string of the molecule is Cc1cccc(CN(C(=O)C[C@@H](C)c2ccccc2)c2ccc3c(c2)[C@H](NS(=O)(=O)c2ccc(F)cc2)CCC3)n1. The second-order valence-electron chi connectivity index (χ2n) is 10.7. The maximum absolute atomic E-state index is 13.9. The number of hydrogen-bond acceptors (Lipinski definition) is 4. The van der Waals surface area contributed by atoms with E-state index in [2.05, 4.69) is 9.71 Å². The first-order valence-corrected chi connectivity index (χ1v) is 15.4. The van der Waals surface area contributed by atoms with Crippen LogP contribution in [0.15, 0.2) is 95.9 Å². The Balaban J connectivity index is 1.46. The Morgan fingerprint density at radius 2 is 1.78 bits per heavy atom. The summed E-state index contributed by atoms with van der Waals surface area (Å²) in [6.45, 7) is 4.26. The van der Waals surface area contributed by atoms with Crippen LogP contribution < -0.4 is 9.62 Å². The van der Waals surface area contributed by atoms with Crippen molar-refractivity contribution in [3.63, 3.8) is 0 Å². The summed E-state index contributed by atoms with van der Waals surface area (Å²) in [5, 5.41) is 0. The largest absolute Gasteiger partial charge is 0.306 e. The molecule has 0 radical (unpaired) electrons. The van der Waals surface area contributed by atoms with Gasteiger partial charge in [-0.2, -0.15) is 0 Å². The van der Waals surface area contributed by atoms with Gasteiger partial charge in [-0.15, -0.1) is 0 Å². The Bertz CT molecular complexity index is 1630. The summed E-state index contributed by atoms with van der Waals surface area (Å²) in [5.74, 6) is -0.514. The van der Waals surface area contributed by atoms with Crippen LogP contribution in [0.4, 0.5) is 10.1 Å². The quantitative estimate of drug-likeness (QED) is 0.245. The number of aryl methyl sites for hydroxylation is 2. The van der Waals surface area contributed by atoms with Crippen LogP contribution in [0, 0.1) is 12.7 Å². The molecule has 5 rings (SSSR count). The van der Waals surface area contributed by atoms with Gasteiger partial charge in [-0.3, -0.25) is 9.78 Å². The molecule has 0 saturated heterocycles. The van der Waals surface area contributed by atoms with Crippen molar-refractivity contribution in [1.82, 2.24) is 9.71 Å². The molecule has 8 heteroatoms. The van der Waals surface area contributed by atoms with Crippen LogP contribution in [-0.4, -0.2) is 19.3 Å². The number of carbonyl (C=O) groups is 1. The van der Waals surface area contributed by atoms with Crippen LogP contribution >= 0.6 is 0 Å². The number of halogens is 1. The zero-order valence-electron chi connectivity index (χ0n) is 23.3. The summed E-state index contributed by atoms with van der Waals surface area (Å²) in [7, 11) is -3.88. The number of nitrogens with zero attached hydrogens (tertiary/aromatic N) is 2. The standard InChI is InChI=1S/C33H34FN3O3S/c1-23(25-9-4-3-5-10-25)20-33(38)37(22-28-12-6-8-24(2)35-28)29-17-14-26-11-7-13-32(31(26)21-29)36-41(39,40)30-18-15-27(34)16-19-30/h3-6,8-10,12,14-19,21,23,32,36H,7,11,13,20,22H2,1-2H3/t23-,32-/m1/s1. The Morgan fingerprint density at radius 1 is 1.02 bits per heavy atom. The van der Waals surface area contributed by atoms with Crippen LogP contribution in [0.5, 0.6) is 0 Å². The molecule has 0 saturated carbocycles. The molecule has 0 aliphatic heterocycles. The van der Waals surface area contributed by atoms with E-state index in [0.717, 1.165) is 53.1 Å². The minimum Gasteiger partial charge on any atom is -0.306 e. The smallest absolute Gasteiger partial charge is 0.241 e. The van der Waals surface area contributed by atoms with Gasteiger partial charge in [0.1, 0.15) is 5.82 Å². The zero-order chi connectivity index (χ0) is 29.0. The monoisotopic (exact) mass is 571 g/mol. The normalized spacial score (nSPS) is 15.6. The summed E-state index contributed by atoms with van der Waals surface area (Å²) < 4.78 is 42.6. The van der Waals surface area contributed by atoms with Crippen LogP contribution in [-0.2, 0) is 27.8 Å². The Labute approximate surface area is 241 Å². The molecule has 41 heavy (non-hydrogen) atoms. The van der Waals surface area contributed by atoms with Gasteiger partial charge >= 0.3 is 0 Å². The number of nitrogens with one attached hydrogen (secondary N) is 1. The number of hydrogen-bond donors (Lipinski definition) is 1. The summed E-state index contributed by atoms with van der Waals surface area (Å²) >= 11 is 0. The lowest BCUT2D eigenvalue weighted by Gasteiger charge is -2.30. The molecular weight excluding hydrogens is 537 g/mol. The van der Waals surface area contributed by atoms with E-state index < -0.39 is 21.9 Å². The maximum atomic E-state index is 13.9. The number of carbonyl (C=O) groups excluding carboxylic acids is 1. The van der Waals surface area contributed by atoms with Crippen molar-refractivity contribution >= 4 is 21.6 Å². The molecule has 3 aromatic carbocycles. The van der Waals surface area contributed by atoms with Gasteiger partial charge in [-0.05, 0) is 97.3 Å². The lowest BCUT2D eigenvalue weighted by Crippen LogP contribution is -2.33. The van der Waals surface area contributed by atoms with E-state index in [0.29, 0.717) is 25.1 Å². The van der Waals surface area contributed by atoms with Crippen LogP contribution in [0.25, 0.3) is 0 Å². The van der Waals surface area contributed by atoms with Crippen LogP contribution in [0.2, 0.25) is 0 Å². The molecule has 1 aliphatic carbocycles. The van der Waals surface area contributed by atoms with Gasteiger partial charge in [-0.25, -0.2) is 17.5 Å². The number of sulfonamides is 1. The Morgan fingerprint density at radius 3 is 2.51 bits per heavy atom. The number of benzene rings is 3. The number of anilines is 1. The first kappa shape index (κ1) is 28.6. The molecule has 4 aromatic rings. The van der Waals surface area contributed by atoms with Gasteiger partial charge in [0.05, 0.1) is 17.1 Å². The molecule has 1 N–H and O–H groups in total. The summed E-state index contributed by atoms with van der Waals surface area (Å²) in [4.78, 5) is 20.3. The molecule has 2 atom stereocenters. The topological polar surface area (TPSA) is 79.4 Å². The second kappa shape index (κ2) is 12.3. The third kappa shape index (κ3) is 6.89. The van der Waals surface area contributed by atoms with Crippen molar-refractivity contribution in [2.75, 3.05) is 4.90 Å². The third-order valence-corrected chi connectivity index (χ3v) is 9.08. The number of rotatable bonds is 9. The number of aromatic nitrogens is 1. The van der Waals surface area contributed by atoms with Gasteiger partial charge in [-0.1, -0.05) is 49.4 Å². The second-order valence-corrected chi connectivity index (χ2v) is 12.4. The summed E-state index contributed by atoms with van der Waals surface area (Å²) in [5.41, 5.74) is 5.33. The van der Waals surface area contributed by atoms with Crippen molar-refractivity contribution in [2.24, 2.45) is 0 Å². The molecule has 1 amide bonds. The average Bonchev–Trinajstić information content (AvgIpc) is 2.96. The van der Waals surface area contributed by atoms with Crippen molar-refractivity contribution in [1.29, 1.82) is 0 Å². The molecule has 1 aliphatic rings. The van der Waals surface area contributed by atoms with Gasteiger partial charge in [0.25, 0.3) is 0 Å². The molecule has 1 aromatic heterocycles. The Hall–Kier alpha value is -3.88. The number of amides is 1. The highest BCUT2D eigenvalue weighted by molar-refractivity contribution is 7.89. The van der Waals surface area contributed by atoms with Crippen molar-refractivity contribution in [3.8, 4) is 0 Å². The van der Waals surface area contributed by atoms with E-state index in [1.54, 1.807) is 4.90 Å². The molecule has 0 unspecified atom stereocenters. The Kier molecular flexibility index (Phi) is 8.61. The minimum atomic E-state index is -3.88. The van der Waals surface area contributed by atoms with Crippen molar-refractivity contribution in [2.45, 2.75) is 62.9 Å². The highest BCUT2D eigenvalue weighted by Gasteiger charge is 2.28. The van der Waals surface area contributed by atoms with Gasteiger partial charge in [0, 0.05) is 23.8 Å². The lowest BCUT2D eigenvalue weighted by atomic mass is 9.87. The van der Waals surface area contributed by atoms with Crippen molar-refractivity contribution in [3.05, 3.63) is 125 Å². The number of pyridine rings is 1. The van der Waals surface area contributed by atoms with E-state index in [1.165, 1.54) is 12.1 Å². The third-order valence-electron chi connectivity index (χ3n) is 7.59. The van der Waals surface area contributed by atoms with E-state index in [-0.39, 0.29) is 16.7 Å². The summed E-state index contributed by atoms with van der Waals surface area (Å²) in [6, 6.07) is 25.9. The van der Waals surface area contributed by atoms with E-state index in [1.807, 2.05) is 80.6 Å². The minimum absolute atomic E-state index is 0.0133. The molecule has 212 valence electrons. The van der Waals surface area contributed by atoms with Gasteiger partial charge in [0.2, 0.25) is 15.9 Å². The first-order valence-electron chi connectivity index (χ1n) is 13.9. The fourth-order valence-electron chi connectivity index (χ4n) is 5.39. The van der Waals surface area contributed by atoms with E-state index in [4.69, 9.17) is 0 Å². The average molecular weight is 572 g/mol. The molecule has 6 nitrogen and oxygen atoms in total. The summed E-state index contributed by atoms with van der Waals surface area (Å²) in [6.07, 6.45) is 2.58. The van der Waals surface area contributed by atoms with Gasteiger partial charge in [0.15, 0.2) is 0 Å². The van der Waals surface area contributed by atoms with E-state index >= 15 is 0 Å². The molecule has 0 bridgehead atoms.